The van der Waals surface area contributed by atoms with Crippen LogP contribution in [0.25, 0.3) is 21.7 Å². The van der Waals surface area contributed by atoms with Gasteiger partial charge in [0.05, 0.1) is 5.52 Å². The average Bonchev–Trinajstić information content (AvgIpc) is 2.39. The Labute approximate surface area is 100 Å². The summed E-state index contributed by atoms with van der Waals surface area (Å²) in [5, 5.41) is 3.65. The molecular formula is C16H13N. The molecule has 0 saturated heterocycles. The molecule has 1 nitrogen and oxygen atoms in total. The van der Waals surface area contributed by atoms with Crippen LogP contribution in [0.15, 0.2) is 61.2 Å². The largest absolute Gasteiger partial charge is 0.252 e. The highest BCUT2D eigenvalue weighted by atomic mass is 14.7. The predicted molar refractivity (Wildman–Crippen MR) is 73.2 cm³/mol. The SMILES string of the molecule is C=CCc1ccc2ccc3ccccc3c2n1. The molecule has 0 aliphatic rings. The summed E-state index contributed by atoms with van der Waals surface area (Å²) in [4.78, 5) is 4.72. The van der Waals surface area contributed by atoms with E-state index >= 15 is 0 Å². The van der Waals surface area contributed by atoms with Crippen molar-refractivity contribution >= 4 is 21.7 Å². The number of fused-ring (bicyclic) bond motifs is 3. The van der Waals surface area contributed by atoms with Crippen LogP contribution in [-0.4, -0.2) is 4.98 Å². The fourth-order valence-electron chi connectivity index (χ4n) is 2.16. The van der Waals surface area contributed by atoms with Crippen LogP contribution >= 0.6 is 0 Å². The van der Waals surface area contributed by atoms with Gasteiger partial charge in [-0.3, -0.25) is 4.98 Å². The van der Waals surface area contributed by atoms with E-state index in [-0.39, 0.29) is 0 Å². The van der Waals surface area contributed by atoms with Crippen LogP contribution in [0.1, 0.15) is 5.69 Å². The summed E-state index contributed by atoms with van der Waals surface area (Å²) >= 11 is 0. The molecule has 0 N–H and O–H groups in total. The van der Waals surface area contributed by atoms with Crippen molar-refractivity contribution in [2.45, 2.75) is 6.42 Å². The highest BCUT2D eigenvalue weighted by molar-refractivity contribution is 6.05. The molecule has 1 aromatic heterocycles. The van der Waals surface area contributed by atoms with Crippen molar-refractivity contribution in [2.75, 3.05) is 0 Å². The standard InChI is InChI=1S/C16H13N/c1-2-5-14-11-10-13-9-8-12-6-3-4-7-15(12)16(13)17-14/h2-4,6-11H,1,5H2. The first-order valence-corrected chi connectivity index (χ1v) is 5.77. The number of pyridine rings is 1. The van der Waals surface area contributed by atoms with Gasteiger partial charge in [0.25, 0.3) is 0 Å². The lowest BCUT2D eigenvalue weighted by Crippen LogP contribution is -1.89. The highest BCUT2D eigenvalue weighted by Gasteiger charge is 2.02. The summed E-state index contributed by atoms with van der Waals surface area (Å²) in [5.41, 5.74) is 2.16. The molecule has 0 amide bonds. The Balaban J connectivity index is 2.38. The minimum Gasteiger partial charge on any atom is -0.252 e. The third-order valence-corrected chi connectivity index (χ3v) is 3.00. The summed E-state index contributed by atoms with van der Waals surface area (Å²) in [6.07, 6.45) is 2.71. The monoisotopic (exact) mass is 219 g/mol. The zero-order valence-electron chi connectivity index (χ0n) is 9.56. The Kier molecular flexibility index (Phi) is 2.37. The molecule has 17 heavy (non-hydrogen) atoms. The zero-order chi connectivity index (χ0) is 11.7. The van der Waals surface area contributed by atoms with Gasteiger partial charge in [0.15, 0.2) is 0 Å². The normalized spacial score (nSPS) is 10.8. The molecule has 0 spiro atoms. The van der Waals surface area contributed by atoms with Crippen molar-refractivity contribution in [1.82, 2.24) is 4.98 Å². The fraction of sp³-hybridized carbons (Fsp3) is 0.0625. The third kappa shape index (κ3) is 1.70. The van der Waals surface area contributed by atoms with E-state index in [0.29, 0.717) is 0 Å². The zero-order valence-corrected chi connectivity index (χ0v) is 9.56. The Morgan fingerprint density at radius 3 is 2.59 bits per heavy atom. The molecule has 1 heterocycles. The van der Waals surface area contributed by atoms with Crippen LogP contribution in [0.2, 0.25) is 0 Å². The summed E-state index contributed by atoms with van der Waals surface area (Å²) < 4.78 is 0. The van der Waals surface area contributed by atoms with Gasteiger partial charge in [0.1, 0.15) is 0 Å². The van der Waals surface area contributed by atoms with E-state index in [1.165, 1.54) is 16.2 Å². The van der Waals surface area contributed by atoms with Crippen molar-refractivity contribution < 1.29 is 0 Å². The van der Waals surface area contributed by atoms with Crippen molar-refractivity contribution in [2.24, 2.45) is 0 Å². The lowest BCUT2D eigenvalue weighted by Gasteiger charge is -2.04. The average molecular weight is 219 g/mol. The molecule has 0 saturated carbocycles. The Hall–Kier alpha value is -2.15. The van der Waals surface area contributed by atoms with E-state index in [9.17, 15) is 0 Å². The van der Waals surface area contributed by atoms with E-state index in [0.717, 1.165) is 17.6 Å². The topological polar surface area (TPSA) is 12.9 Å². The highest BCUT2D eigenvalue weighted by Crippen LogP contribution is 2.23. The molecule has 82 valence electrons. The van der Waals surface area contributed by atoms with Crippen LogP contribution in [0, 0.1) is 0 Å². The minimum absolute atomic E-state index is 0.819. The molecule has 2 aromatic carbocycles. The molecule has 0 bridgehead atoms. The van der Waals surface area contributed by atoms with Gasteiger partial charge in [0.2, 0.25) is 0 Å². The van der Waals surface area contributed by atoms with Gasteiger partial charge in [-0.15, -0.1) is 6.58 Å². The number of nitrogens with zero attached hydrogens (tertiary/aromatic N) is 1. The second kappa shape index (κ2) is 4.02. The predicted octanol–water partition coefficient (Wildman–Crippen LogP) is 4.12. The van der Waals surface area contributed by atoms with Crippen LogP contribution in [0.5, 0.6) is 0 Å². The quantitative estimate of drug-likeness (QED) is 0.466. The number of aromatic nitrogens is 1. The summed E-state index contributed by atoms with van der Waals surface area (Å²) in [6.45, 7) is 3.76. The van der Waals surface area contributed by atoms with Crippen LogP contribution in [-0.2, 0) is 6.42 Å². The first-order chi connectivity index (χ1) is 8.38. The molecule has 0 aliphatic heterocycles. The Morgan fingerprint density at radius 1 is 0.941 bits per heavy atom. The Bertz CT molecular complexity index is 698. The van der Waals surface area contributed by atoms with Crippen molar-refractivity contribution in [1.29, 1.82) is 0 Å². The van der Waals surface area contributed by atoms with Crippen molar-refractivity contribution in [3.05, 3.63) is 66.9 Å². The van der Waals surface area contributed by atoms with Crippen molar-refractivity contribution in [3.8, 4) is 0 Å². The molecular weight excluding hydrogens is 206 g/mol. The van der Waals surface area contributed by atoms with E-state index in [4.69, 9.17) is 4.98 Å². The number of hydrogen-bond donors (Lipinski definition) is 0. The van der Waals surface area contributed by atoms with Gasteiger partial charge in [-0.25, -0.2) is 0 Å². The van der Waals surface area contributed by atoms with Crippen molar-refractivity contribution in [3.63, 3.8) is 0 Å². The first-order valence-electron chi connectivity index (χ1n) is 5.77. The molecule has 0 unspecified atom stereocenters. The molecule has 0 atom stereocenters. The second-order valence-electron chi connectivity index (χ2n) is 4.15. The molecule has 3 rings (SSSR count). The Morgan fingerprint density at radius 2 is 1.71 bits per heavy atom. The van der Waals surface area contributed by atoms with Crippen LogP contribution in [0.3, 0.4) is 0 Å². The summed E-state index contributed by atoms with van der Waals surface area (Å²) in [6, 6.07) is 16.8. The lowest BCUT2D eigenvalue weighted by atomic mass is 10.1. The van der Waals surface area contributed by atoms with E-state index in [1.54, 1.807) is 0 Å². The maximum atomic E-state index is 4.72. The molecule has 0 fully saturated rings. The number of allylic oxidation sites excluding steroid dienone is 1. The van der Waals surface area contributed by atoms with Gasteiger partial charge in [-0.2, -0.15) is 0 Å². The van der Waals surface area contributed by atoms with E-state index in [1.807, 2.05) is 6.08 Å². The molecule has 1 heteroatoms. The van der Waals surface area contributed by atoms with Crippen LogP contribution < -0.4 is 0 Å². The molecule has 3 aromatic rings. The third-order valence-electron chi connectivity index (χ3n) is 3.00. The van der Waals surface area contributed by atoms with Crippen LogP contribution in [0.4, 0.5) is 0 Å². The van der Waals surface area contributed by atoms with Gasteiger partial charge in [-0.05, 0) is 11.5 Å². The van der Waals surface area contributed by atoms with E-state index in [2.05, 4.69) is 55.1 Å². The number of hydrogen-bond acceptors (Lipinski definition) is 1. The van der Waals surface area contributed by atoms with Gasteiger partial charge >= 0.3 is 0 Å². The van der Waals surface area contributed by atoms with Gasteiger partial charge < -0.3 is 0 Å². The number of benzene rings is 2. The van der Waals surface area contributed by atoms with E-state index < -0.39 is 0 Å². The maximum absolute atomic E-state index is 4.72. The first kappa shape index (κ1) is 10.0. The second-order valence-corrected chi connectivity index (χ2v) is 4.15. The maximum Gasteiger partial charge on any atom is 0.0783 e. The van der Waals surface area contributed by atoms with Gasteiger partial charge in [0, 0.05) is 22.9 Å². The lowest BCUT2D eigenvalue weighted by molar-refractivity contribution is 1.15. The van der Waals surface area contributed by atoms with Gasteiger partial charge in [-0.1, -0.05) is 48.5 Å². The molecule has 0 aliphatic carbocycles. The molecule has 0 radical (unpaired) electrons. The summed E-state index contributed by atoms with van der Waals surface area (Å²) in [5.74, 6) is 0. The number of rotatable bonds is 2. The smallest absolute Gasteiger partial charge is 0.0783 e. The fourth-order valence-corrected chi connectivity index (χ4v) is 2.16. The summed E-state index contributed by atoms with van der Waals surface area (Å²) in [7, 11) is 0. The minimum atomic E-state index is 0.819.